The van der Waals surface area contributed by atoms with Crippen LogP contribution in [-0.4, -0.2) is 37.3 Å². The number of hydrogen-bond acceptors (Lipinski definition) is 2. The number of rotatable bonds is 5. The van der Waals surface area contributed by atoms with Crippen molar-refractivity contribution in [1.29, 1.82) is 0 Å². The Morgan fingerprint density at radius 3 is 2.17 bits per heavy atom. The standard InChI is InChI=1S/C8H16O2.Bi.H3N.3H/c1-3-5-6-7(4-2)8(9)10;;;;;/h7H,3-6H2,1-2H3,(H,9,10);;1H3;;;. The summed E-state index contributed by atoms with van der Waals surface area (Å²) in [5, 5.41) is 8.60. The fourth-order valence-corrected chi connectivity index (χ4v) is 0.953. The molecule has 3 nitrogen and oxygen atoms in total. The minimum atomic E-state index is -0.643. The summed E-state index contributed by atoms with van der Waals surface area (Å²) in [6, 6.07) is 0. The predicted molar refractivity (Wildman–Crippen MR) is 55.9 cm³/mol. The molecular formula is C8H22BiNO2. The van der Waals surface area contributed by atoms with Gasteiger partial charge in [0.1, 0.15) is 0 Å². The molecule has 0 aromatic carbocycles. The summed E-state index contributed by atoms with van der Waals surface area (Å²) < 4.78 is 0. The predicted octanol–water partition coefficient (Wildman–Crippen LogP) is 1.27. The van der Waals surface area contributed by atoms with Crippen LogP contribution in [0, 0.1) is 5.92 Å². The van der Waals surface area contributed by atoms with Gasteiger partial charge in [0.15, 0.2) is 0 Å². The van der Waals surface area contributed by atoms with Crippen LogP contribution in [0.25, 0.3) is 0 Å². The molecule has 0 saturated heterocycles. The topological polar surface area (TPSA) is 72.3 Å². The molecule has 4 N–H and O–H groups in total. The second-order valence-electron chi connectivity index (χ2n) is 2.59. The fraction of sp³-hybridized carbons (Fsp3) is 0.875. The molecule has 0 aromatic heterocycles. The van der Waals surface area contributed by atoms with Crippen molar-refractivity contribution in [1.82, 2.24) is 6.15 Å². The molecule has 0 saturated carbocycles. The van der Waals surface area contributed by atoms with Gasteiger partial charge in [-0.15, -0.1) is 0 Å². The van der Waals surface area contributed by atoms with E-state index in [1.54, 1.807) is 0 Å². The third-order valence-electron chi connectivity index (χ3n) is 1.75. The second-order valence-corrected chi connectivity index (χ2v) is 2.59. The van der Waals surface area contributed by atoms with Crippen molar-refractivity contribution in [2.75, 3.05) is 0 Å². The van der Waals surface area contributed by atoms with Crippen molar-refractivity contribution in [3.63, 3.8) is 0 Å². The summed E-state index contributed by atoms with van der Waals surface area (Å²) in [4.78, 5) is 10.4. The Morgan fingerprint density at radius 1 is 1.42 bits per heavy atom. The Morgan fingerprint density at radius 2 is 1.92 bits per heavy atom. The van der Waals surface area contributed by atoms with Crippen LogP contribution in [0.3, 0.4) is 0 Å². The van der Waals surface area contributed by atoms with Gasteiger partial charge in [-0.25, -0.2) is 0 Å². The first-order valence-electron chi connectivity index (χ1n) is 3.95. The molecule has 0 aromatic rings. The van der Waals surface area contributed by atoms with Crippen molar-refractivity contribution in [3.8, 4) is 0 Å². The van der Waals surface area contributed by atoms with E-state index in [0.717, 1.165) is 25.7 Å². The van der Waals surface area contributed by atoms with Crippen molar-refractivity contribution < 1.29 is 9.90 Å². The van der Waals surface area contributed by atoms with Crippen molar-refractivity contribution in [2.24, 2.45) is 5.92 Å². The number of hydrogen-bond donors (Lipinski definition) is 2. The van der Waals surface area contributed by atoms with Crippen LogP contribution in [0.2, 0.25) is 0 Å². The normalized spacial score (nSPS) is 10.8. The van der Waals surface area contributed by atoms with E-state index >= 15 is 0 Å². The minimum absolute atomic E-state index is 0. The zero-order valence-electron chi connectivity index (χ0n) is 8.18. The molecule has 4 heteroatoms. The molecule has 0 heterocycles. The molecule has 1 unspecified atom stereocenters. The van der Waals surface area contributed by atoms with Gasteiger partial charge in [0.2, 0.25) is 0 Å². The first-order valence-corrected chi connectivity index (χ1v) is 3.95. The summed E-state index contributed by atoms with van der Waals surface area (Å²) in [5.74, 6) is -0.754. The van der Waals surface area contributed by atoms with Gasteiger partial charge in [-0.1, -0.05) is 26.7 Å². The number of carboxylic acid groups (broad SMARTS) is 1. The first-order chi connectivity index (χ1) is 4.72. The second kappa shape index (κ2) is 11.3. The van der Waals surface area contributed by atoms with Gasteiger partial charge in [0.25, 0.3) is 0 Å². The number of aliphatic carboxylic acids is 1. The van der Waals surface area contributed by atoms with E-state index < -0.39 is 5.97 Å². The van der Waals surface area contributed by atoms with Gasteiger partial charge >= 0.3 is 32.2 Å². The van der Waals surface area contributed by atoms with Crippen LogP contribution in [0.1, 0.15) is 39.5 Å². The van der Waals surface area contributed by atoms with Gasteiger partial charge < -0.3 is 11.3 Å². The van der Waals surface area contributed by atoms with Gasteiger partial charge in [0.05, 0.1) is 5.92 Å². The average molecular weight is 373 g/mol. The SMILES string of the molecule is CCCCC(CC)C(=O)O.N.[BiH3]. The Bertz CT molecular complexity index is 109. The maximum absolute atomic E-state index is 10.4. The Hall–Kier alpha value is 0.313. The van der Waals surface area contributed by atoms with E-state index in [1.807, 2.05) is 6.92 Å². The molecule has 0 spiro atoms. The molecular weight excluding hydrogens is 351 g/mol. The summed E-state index contributed by atoms with van der Waals surface area (Å²) in [5.41, 5.74) is 0. The fourth-order valence-electron chi connectivity index (χ4n) is 0.953. The molecule has 0 amide bonds. The number of carbonyl (C=O) groups is 1. The monoisotopic (exact) mass is 373 g/mol. The molecule has 0 aliphatic carbocycles. The first kappa shape index (κ1) is 18.2. The summed E-state index contributed by atoms with van der Waals surface area (Å²) in [6.45, 7) is 4.00. The summed E-state index contributed by atoms with van der Waals surface area (Å²) in [6.07, 6.45) is 3.71. The van der Waals surface area contributed by atoms with Crippen molar-refractivity contribution in [3.05, 3.63) is 0 Å². The Labute approximate surface area is 93.6 Å². The molecule has 0 rings (SSSR count). The van der Waals surface area contributed by atoms with E-state index in [-0.39, 0.29) is 38.3 Å². The summed E-state index contributed by atoms with van der Waals surface area (Å²) >= 11 is 0. The third-order valence-corrected chi connectivity index (χ3v) is 1.75. The van der Waals surface area contributed by atoms with Gasteiger partial charge in [-0.2, -0.15) is 0 Å². The van der Waals surface area contributed by atoms with E-state index in [4.69, 9.17) is 5.11 Å². The average Bonchev–Trinajstić information content (AvgIpc) is 1.89. The van der Waals surface area contributed by atoms with E-state index in [1.165, 1.54) is 0 Å². The molecule has 0 aliphatic rings. The van der Waals surface area contributed by atoms with Crippen molar-refractivity contribution in [2.45, 2.75) is 39.5 Å². The number of unbranched alkanes of at least 4 members (excludes halogenated alkanes) is 1. The van der Waals surface area contributed by atoms with Crippen LogP contribution in [-0.2, 0) is 4.79 Å². The van der Waals surface area contributed by atoms with Crippen LogP contribution >= 0.6 is 0 Å². The van der Waals surface area contributed by atoms with Gasteiger partial charge in [-0.05, 0) is 12.8 Å². The maximum atomic E-state index is 10.4. The Balaban J connectivity index is -0.000000405. The van der Waals surface area contributed by atoms with E-state index in [0.29, 0.717) is 0 Å². The number of carboxylic acids is 1. The Kier molecular flexibility index (Phi) is 17.1. The quantitative estimate of drug-likeness (QED) is 0.713. The molecule has 0 radical (unpaired) electrons. The third kappa shape index (κ3) is 8.41. The van der Waals surface area contributed by atoms with Crippen LogP contribution in [0.4, 0.5) is 0 Å². The molecule has 0 bridgehead atoms. The van der Waals surface area contributed by atoms with Crippen molar-refractivity contribution >= 4 is 32.2 Å². The molecule has 0 fully saturated rings. The van der Waals surface area contributed by atoms with Gasteiger partial charge in [-0.3, -0.25) is 4.79 Å². The van der Waals surface area contributed by atoms with E-state index in [2.05, 4.69) is 6.92 Å². The van der Waals surface area contributed by atoms with Gasteiger partial charge in [0, 0.05) is 0 Å². The summed E-state index contributed by atoms with van der Waals surface area (Å²) in [7, 11) is 0. The molecule has 1 atom stereocenters. The van der Waals surface area contributed by atoms with Crippen LogP contribution in [0.15, 0.2) is 0 Å². The molecule has 76 valence electrons. The van der Waals surface area contributed by atoms with Crippen LogP contribution < -0.4 is 6.15 Å². The zero-order chi connectivity index (χ0) is 7.98. The molecule has 12 heavy (non-hydrogen) atoms. The van der Waals surface area contributed by atoms with Crippen LogP contribution in [0.5, 0.6) is 0 Å². The zero-order valence-corrected chi connectivity index (χ0v) is 13.7. The molecule has 0 aliphatic heterocycles. The van der Waals surface area contributed by atoms with E-state index in [9.17, 15) is 4.79 Å².